The van der Waals surface area contributed by atoms with Gasteiger partial charge >= 0.3 is 0 Å². The highest BCUT2D eigenvalue weighted by Crippen LogP contribution is 2.27. The van der Waals surface area contributed by atoms with Crippen molar-refractivity contribution in [3.8, 4) is 0 Å². The molecule has 4 rings (SSSR count). The maximum absolute atomic E-state index is 12.6. The van der Waals surface area contributed by atoms with Crippen LogP contribution in [0.25, 0.3) is 0 Å². The summed E-state index contributed by atoms with van der Waals surface area (Å²) in [5.74, 6) is 0.297. The zero-order chi connectivity index (χ0) is 15.6. The molecule has 3 aliphatic rings. The molecule has 0 radical (unpaired) electrons. The third-order valence-corrected chi connectivity index (χ3v) is 6.37. The summed E-state index contributed by atoms with van der Waals surface area (Å²) in [4.78, 5) is 23.4. The van der Waals surface area contributed by atoms with Crippen LogP contribution in [-0.4, -0.2) is 59.5 Å². The maximum Gasteiger partial charge on any atom is 0.241 e. The highest BCUT2D eigenvalue weighted by molar-refractivity contribution is 7.11. The summed E-state index contributed by atoms with van der Waals surface area (Å²) in [6.07, 6.45) is 7.29. The van der Waals surface area contributed by atoms with E-state index in [9.17, 15) is 4.79 Å². The van der Waals surface area contributed by atoms with E-state index in [2.05, 4.69) is 10.2 Å². The molecule has 23 heavy (non-hydrogen) atoms. The lowest BCUT2D eigenvalue weighted by Gasteiger charge is -2.34. The molecule has 1 aromatic rings. The number of nitrogens with one attached hydrogen (secondary N) is 1. The minimum atomic E-state index is -0.0311. The summed E-state index contributed by atoms with van der Waals surface area (Å²) in [6, 6.07) is -0.0311. The van der Waals surface area contributed by atoms with E-state index < -0.39 is 0 Å². The summed E-state index contributed by atoms with van der Waals surface area (Å²) in [7, 11) is 0. The molecule has 1 aromatic heterocycles. The highest BCUT2D eigenvalue weighted by Gasteiger charge is 2.30. The lowest BCUT2D eigenvalue weighted by molar-refractivity contribution is -0.133. The van der Waals surface area contributed by atoms with Gasteiger partial charge in [0.25, 0.3) is 0 Å². The standard InChI is InChI=1S/C17H26N4OS/c22-17(21-8-3-4-9-21)14-11-20(10-7-18-14)12-16-19-13-5-1-2-6-15(13)23-16/h14,18H,1-12H2. The number of hydrogen-bond acceptors (Lipinski definition) is 5. The van der Waals surface area contributed by atoms with Gasteiger partial charge in [-0.2, -0.15) is 0 Å². The van der Waals surface area contributed by atoms with Gasteiger partial charge in [-0.15, -0.1) is 11.3 Å². The first-order valence-electron chi connectivity index (χ1n) is 9.01. The lowest BCUT2D eigenvalue weighted by atomic mass is 10.0. The average Bonchev–Trinajstić information content (AvgIpc) is 3.23. The topological polar surface area (TPSA) is 48.5 Å². The van der Waals surface area contributed by atoms with Crippen LogP contribution in [0.1, 0.15) is 41.3 Å². The quantitative estimate of drug-likeness (QED) is 0.908. The van der Waals surface area contributed by atoms with E-state index in [1.807, 2.05) is 16.2 Å². The first-order valence-corrected chi connectivity index (χ1v) is 9.83. The Labute approximate surface area is 142 Å². The summed E-state index contributed by atoms with van der Waals surface area (Å²) in [6.45, 7) is 5.51. The van der Waals surface area contributed by atoms with Crippen LogP contribution in [0, 0.1) is 0 Å². The molecule has 126 valence electrons. The molecule has 1 amide bonds. The zero-order valence-electron chi connectivity index (χ0n) is 13.7. The van der Waals surface area contributed by atoms with E-state index in [0.717, 1.165) is 58.5 Å². The molecule has 0 aromatic carbocycles. The molecule has 6 heteroatoms. The molecule has 0 bridgehead atoms. The van der Waals surface area contributed by atoms with Gasteiger partial charge in [-0.3, -0.25) is 9.69 Å². The summed E-state index contributed by atoms with van der Waals surface area (Å²) >= 11 is 1.90. The van der Waals surface area contributed by atoms with E-state index in [-0.39, 0.29) is 6.04 Å². The van der Waals surface area contributed by atoms with Crippen LogP contribution in [0.15, 0.2) is 0 Å². The number of hydrogen-bond donors (Lipinski definition) is 1. The summed E-state index contributed by atoms with van der Waals surface area (Å²) < 4.78 is 0. The van der Waals surface area contributed by atoms with Crippen molar-refractivity contribution in [3.63, 3.8) is 0 Å². The van der Waals surface area contributed by atoms with E-state index in [1.165, 1.54) is 34.8 Å². The van der Waals surface area contributed by atoms with Crippen LogP contribution >= 0.6 is 11.3 Å². The first kappa shape index (κ1) is 15.5. The van der Waals surface area contributed by atoms with E-state index in [0.29, 0.717) is 5.91 Å². The Bertz CT molecular complexity index is 543. The Hall–Kier alpha value is -0.980. The van der Waals surface area contributed by atoms with Crippen molar-refractivity contribution in [2.24, 2.45) is 0 Å². The molecule has 2 saturated heterocycles. The monoisotopic (exact) mass is 334 g/mol. The van der Waals surface area contributed by atoms with Crippen LogP contribution in [-0.2, 0) is 24.2 Å². The number of piperazine rings is 1. The van der Waals surface area contributed by atoms with Crippen molar-refractivity contribution in [1.29, 1.82) is 0 Å². The number of aryl methyl sites for hydroxylation is 2. The fourth-order valence-electron chi connectivity index (χ4n) is 3.94. The van der Waals surface area contributed by atoms with E-state index in [4.69, 9.17) is 4.98 Å². The van der Waals surface area contributed by atoms with Gasteiger partial charge in [0.15, 0.2) is 0 Å². The van der Waals surface area contributed by atoms with Gasteiger partial charge in [0.1, 0.15) is 5.01 Å². The van der Waals surface area contributed by atoms with Gasteiger partial charge in [0.2, 0.25) is 5.91 Å². The number of nitrogens with zero attached hydrogens (tertiary/aromatic N) is 3. The largest absolute Gasteiger partial charge is 0.341 e. The number of aromatic nitrogens is 1. The SMILES string of the molecule is O=C(C1CN(Cc2nc3c(s2)CCCC3)CCN1)N1CCCC1. The smallest absolute Gasteiger partial charge is 0.241 e. The van der Waals surface area contributed by atoms with Crippen molar-refractivity contribution >= 4 is 17.2 Å². The molecule has 0 spiro atoms. The van der Waals surface area contributed by atoms with Crippen molar-refractivity contribution < 1.29 is 4.79 Å². The molecule has 1 aliphatic carbocycles. The Morgan fingerprint density at radius 1 is 1.17 bits per heavy atom. The predicted molar refractivity (Wildman–Crippen MR) is 91.6 cm³/mol. The number of likely N-dealkylation sites (tertiary alicyclic amines) is 1. The number of thiazole rings is 1. The van der Waals surface area contributed by atoms with Crippen LogP contribution in [0.5, 0.6) is 0 Å². The number of fused-ring (bicyclic) bond motifs is 1. The fraction of sp³-hybridized carbons (Fsp3) is 0.765. The Morgan fingerprint density at radius 3 is 2.83 bits per heavy atom. The van der Waals surface area contributed by atoms with Crippen molar-refractivity contribution in [2.75, 3.05) is 32.7 Å². The molecule has 2 aliphatic heterocycles. The highest BCUT2D eigenvalue weighted by atomic mass is 32.1. The molecular formula is C17H26N4OS. The third-order valence-electron chi connectivity index (χ3n) is 5.22. The molecule has 1 N–H and O–H groups in total. The lowest BCUT2D eigenvalue weighted by Crippen LogP contribution is -2.57. The normalized spacial score (nSPS) is 25.6. The van der Waals surface area contributed by atoms with Crippen molar-refractivity contribution in [2.45, 2.75) is 51.1 Å². The van der Waals surface area contributed by atoms with Crippen LogP contribution < -0.4 is 5.32 Å². The number of rotatable bonds is 3. The van der Waals surface area contributed by atoms with Gasteiger partial charge in [-0.05, 0) is 38.5 Å². The number of carbonyl (C=O) groups excluding carboxylic acids is 1. The minimum Gasteiger partial charge on any atom is -0.341 e. The van der Waals surface area contributed by atoms with Gasteiger partial charge in [-0.1, -0.05) is 0 Å². The summed E-state index contributed by atoms with van der Waals surface area (Å²) in [5.41, 5.74) is 1.34. The molecule has 3 heterocycles. The Balaban J connectivity index is 1.37. The second-order valence-electron chi connectivity index (χ2n) is 6.96. The van der Waals surface area contributed by atoms with Gasteiger partial charge < -0.3 is 10.2 Å². The number of amides is 1. The summed E-state index contributed by atoms with van der Waals surface area (Å²) in [5, 5.41) is 4.65. The van der Waals surface area contributed by atoms with E-state index in [1.54, 1.807) is 0 Å². The molecule has 1 unspecified atom stereocenters. The zero-order valence-corrected chi connectivity index (χ0v) is 14.5. The number of carbonyl (C=O) groups is 1. The van der Waals surface area contributed by atoms with E-state index >= 15 is 0 Å². The second-order valence-corrected chi connectivity index (χ2v) is 8.13. The fourth-order valence-corrected chi connectivity index (χ4v) is 5.14. The third kappa shape index (κ3) is 3.44. The van der Waals surface area contributed by atoms with Crippen LogP contribution in [0.4, 0.5) is 0 Å². The molecule has 0 saturated carbocycles. The molecule has 1 atom stereocenters. The van der Waals surface area contributed by atoms with Gasteiger partial charge in [0.05, 0.1) is 18.3 Å². The van der Waals surface area contributed by atoms with Crippen LogP contribution in [0.2, 0.25) is 0 Å². The van der Waals surface area contributed by atoms with Crippen molar-refractivity contribution in [3.05, 3.63) is 15.6 Å². The first-order chi connectivity index (χ1) is 11.3. The van der Waals surface area contributed by atoms with Crippen LogP contribution in [0.3, 0.4) is 0 Å². The molecule has 5 nitrogen and oxygen atoms in total. The maximum atomic E-state index is 12.6. The van der Waals surface area contributed by atoms with Crippen molar-refractivity contribution in [1.82, 2.24) is 20.1 Å². The molecule has 2 fully saturated rings. The Morgan fingerprint density at radius 2 is 2.00 bits per heavy atom. The van der Waals surface area contributed by atoms with Gasteiger partial charge in [-0.25, -0.2) is 4.98 Å². The molecular weight excluding hydrogens is 308 g/mol. The average molecular weight is 334 g/mol. The minimum absolute atomic E-state index is 0.0311. The predicted octanol–water partition coefficient (Wildman–Crippen LogP) is 1.42. The van der Waals surface area contributed by atoms with Gasteiger partial charge in [0, 0.05) is 37.6 Å². The second kappa shape index (κ2) is 6.87. The Kier molecular flexibility index (Phi) is 4.64.